The molecule has 0 N–H and O–H groups in total. The van der Waals surface area contributed by atoms with Gasteiger partial charge >= 0.3 is 0 Å². The van der Waals surface area contributed by atoms with Gasteiger partial charge in [0, 0.05) is 29.2 Å². The van der Waals surface area contributed by atoms with Crippen LogP contribution in [-0.2, 0) is 0 Å². The third kappa shape index (κ3) is 4.04. The zero-order valence-corrected chi connectivity index (χ0v) is 13.6. The SMILES string of the molecule is CN(C)c1ccc(C(C[N+](=O)[O-])c2ccc(Br)cc2)cc1. The Hall–Kier alpha value is -1.88. The Balaban J connectivity index is 2.35. The third-order valence-electron chi connectivity index (χ3n) is 3.42. The molecule has 2 aromatic rings. The fourth-order valence-corrected chi connectivity index (χ4v) is 2.52. The minimum absolute atomic E-state index is 0.108. The first-order valence-electron chi connectivity index (χ1n) is 6.62. The van der Waals surface area contributed by atoms with Crippen molar-refractivity contribution in [1.29, 1.82) is 0 Å². The van der Waals surface area contributed by atoms with Crippen LogP contribution in [0.5, 0.6) is 0 Å². The highest BCUT2D eigenvalue weighted by atomic mass is 79.9. The van der Waals surface area contributed by atoms with E-state index in [1.165, 1.54) is 0 Å². The molecule has 0 fully saturated rings. The van der Waals surface area contributed by atoms with Crippen molar-refractivity contribution in [3.05, 3.63) is 74.2 Å². The Morgan fingerprint density at radius 2 is 1.52 bits per heavy atom. The second-order valence-electron chi connectivity index (χ2n) is 5.11. The predicted octanol–water partition coefficient (Wildman–Crippen LogP) is 3.92. The first-order chi connectivity index (χ1) is 9.97. The highest BCUT2D eigenvalue weighted by Crippen LogP contribution is 2.27. The lowest BCUT2D eigenvalue weighted by Crippen LogP contribution is -2.14. The van der Waals surface area contributed by atoms with Crippen LogP contribution in [0.15, 0.2) is 53.0 Å². The molecule has 0 aliphatic heterocycles. The maximum absolute atomic E-state index is 11.0. The number of nitro groups is 1. The summed E-state index contributed by atoms with van der Waals surface area (Å²) in [4.78, 5) is 12.7. The van der Waals surface area contributed by atoms with Gasteiger partial charge in [0.05, 0.1) is 5.92 Å². The van der Waals surface area contributed by atoms with Crippen LogP contribution in [0.4, 0.5) is 5.69 Å². The van der Waals surface area contributed by atoms with Gasteiger partial charge in [-0.1, -0.05) is 40.2 Å². The van der Waals surface area contributed by atoms with Crippen molar-refractivity contribution in [2.75, 3.05) is 25.5 Å². The van der Waals surface area contributed by atoms with E-state index in [2.05, 4.69) is 15.9 Å². The summed E-state index contributed by atoms with van der Waals surface area (Å²) in [7, 11) is 3.94. The molecule has 110 valence electrons. The average Bonchev–Trinajstić information content (AvgIpc) is 2.46. The van der Waals surface area contributed by atoms with E-state index in [0.717, 1.165) is 21.3 Å². The van der Waals surface area contributed by atoms with Crippen molar-refractivity contribution in [2.45, 2.75) is 5.92 Å². The Kier molecular flexibility index (Phi) is 4.96. The zero-order chi connectivity index (χ0) is 15.4. The molecule has 0 amide bonds. The van der Waals surface area contributed by atoms with Crippen molar-refractivity contribution in [3.63, 3.8) is 0 Å². The quantitative estimate of drug-likeness (QED) is 0.607. The molecule has 5 heteroatoms. The topological polar surface area (TPSA) is 46.4 Å². The molecule has 0 heterocycles. The van der Waals surface area contributed by atoms with E-state index in [0.29, 0.717) is 0 Å². The van der Waals surface area contributed by atoms with Crippen LogP contribution < -0.4 is 4.90 Å². The van der Waals surface area contributed by atoms with E-state index in [-0.39, 0.29) is 17.4 Å². The number of nitrogens with zero attached hydrogens (tertiary/aromatic N) is 2. The summed E-state index contributed by atoms with van der Waals surface area (Å²) >= 11 is 3.39. The normalized spacial score (nSPS) is 12.0. The van der Waals surface area contributed by atoms with Crippen molar-refractivity contribution >= 4 is 21.6 Å². The van der Waals surface area contributed by atoms with Crippen LogP contribution in [0.2, 0.25) is 0 Å². The molecule has 0 spiro atoms. The maximum Gasteiger partial charge on any atom is 0.214 e. The summed E-state index contributed by atoms with van der Waals surface area (Å²) in [6, 6.07) is 15.6. The molecular weight excluding hydrogens is 332 g/mol. The second-order valence-corrected chi connectivity index (χ2v) is 6.02. The summed E-state index contributed by atoms with van der Waals surface area (Å²) in [6.45, 7) is -0.108. The van der Waals surface area contributed by atoms with Gasteiger partial charge in [-0.25, -0.2) is 0 Å². The van der Waals surface area contributed by atoms with Gasteiger partial charge < -0.3 is 4.90 Å². The lowest BCUT2D eigenvalue weighted by atomic mass is 9.91. The fraction of sp³-hybridized carbons (Fsp3) is 0.250. The minimum Gasteiger partial charge on any atom is -0.378 e. The van der Waals surface area contributed by atoms with Crippen LogP contribution in [0.3, 0.4) is 0 Å². The van der Waals surface area contributed by atoms with Gasteiger partial charge in [-0.3, -0.25) is 10.1 Å². The number of anilines is 1. The van der Waals surface area contributed by atoms with E-state index >= 15 is 0 Å². The van der Waals surface area contributed by atoms with E-state index < -0.39 is 0 Å². The molecule has 0 bridgehead atoms. The monoisotopic (exact) mass is 348 g/mol. The maximum atomic E-state index is 11.0. The van der Waals surface area contributed by atoms with E-state index in [4.69, 9.17) is 0 Å². The molecule has 0 radical (unpaired) electrons. The average molecular weight is 349 g/mol. The first kappa shape index (κ1) is 15.5. The Morgan fingerprint density at radius 3 is 1.95 bits per heavy atom. The molecule has 2 rings (SSSR count). The first-order valence-corrected chi connectivity index (χ1v) is 7.41. The number of hydrogen-bond acceptors (Lipinski definition) is 3. The van der Waals surface area contributed by atoms with Gasteiger partial charge in [0.1, 0.15) is 0 Å². The lowest BCUT2D eigenvalue weighted by molar-refractivity contribution is -0.481. The molecular formula is C16H17BrN2O2. The summed E-state index contributed by atoms with van der Waals surface area (Å²) < 4.78 is 0.967. The van der Waals surface area contributed by atoms with E-state index in [1.807, 2.05) is 67.5 Å². The van der Waals surface area contributed by atoms with Crippen LogP contribution in [0.1, 0.15) is 17.0 Å². The molecule has 2 aromatic carbocycles. The number of halogens is 1. The summed E-state index contributed by atoms with van der Waals surface area (Å²) in [6.07, 6.45) is 0. The Morgan fingerprint density at radius 1 is 1.05 bits per heavy atom. The standard InChI is InChI=1S/C16H17BrN2O2/c1-18(2)15-9-5-13(6-10-15)16(11-19(20)21)12-3-7-14(17)8-4-12/h3-10,16H,11H2,1-2H3. The smallest absolute Gasteiger partial charge is 0.214 e. The number of rotatable bonds is 5. The van der Waals surface area contributed by atoms with Gasteiger partial charge in [0.25, 0.3) is 0 Å². The molecule has 4 nitrogen and oxygen atoms in total. The summed E-state index contributed by atoms with van der Waals surface area (Å²) in [5.74, 6) is -0.232. The molecule has 0 aliphatic rings. The predicted molar refractivity (Wildman–Crippen MR) is 88.6 cm³/mol. The van der Waals surface area contributed by atoms with Crippen molar-refractivity contribution in [1.82, 2.24) is 0 Å². The minimum atomic E-state index is -0.257. The summed E-state index contributed by atoms with van der Waals surface area (Å²) in [5, 5.41) is 11.0. The van der Waals surface area contributed by atoms with Crippen LogP contribution >= 0.6 is 15.9 Å². The molecule has 0 aromatic heterocycles. The van der Waals surface area contributed by atoms with Crippen LogP contribution in [-0.4, -0.2) is 25.6 Å². The van der Waals surface area contributed by atoms with Gasteiger partial charge in [-0.05, 0) is 35.4 Å². The molecule has 0 saturated heterocycles. The number of benzene rings is 2. The van der Waals surface area contributed by atoms with Crippen molar-refractivity contribution in [3.8, 4) is 0 Å². The molecule has 0 aliphatic carbocycles. The molecule has 21 heavy (non-hydrogen) atoms. The molecule has 1 unspecified atom stereocenters. The third-order valence-corrected chi connectivity index (χ3v) is 3.94. The summed E-state index contributed by atoms with van der Waals surface area (Å²) in [5.41, 5.74) is 2.99. The van der Waals surface area contributed by atoms with E-state index in [1.54, 1.807) is 0 Å². The fourth-order valence-electron chi connectivity index (χ4n) is 2.25. The van der Waals surface area contributed by atoms with Gasteiger partial charge in [0.15, 0.2) is 0 Å². The molecule has 1 atom stereocenters. The van der Waals surface area contributed by atoms with Gasteiger partial charge in [-0.2, -0.15) is 0 Å². The van der Waals surface area contributed by atoms with Gasteiger partial charge in [0.2, 0.25) is 6.54 Å². The zero-order valence-electron chi connectivity index (χ0n) is 12.0. The van der Waals surface area contributed by atoms with Crippen LogP contribution in [0, 0.1) is 10.1 Å². The van der Waals surface area contributed by atoms with Crippen LogP contribution in [0.25, 0.3) is 0 Å². The number of hydrogen-bond donors (Lipinski definition) is 0. The highest BCUT2D eigenvalue weighted by Gasteiger charge is 2.20. The van der Waals surface area contributed by atoms with Crippen molar-refractivity contribution < 1.29 is 4.92 Å². The lowest BCUT2D eigenvalue weighted by Gasteiger charge is -2.17. The Labute approximate surface area is 132 Å². The highest BCUT2D eigenvalue weighted by molar-refractivity contribution is 9.10. The van der Waals surface area contributed by atoms with E-state index in [9.17, 15) is 10.1 Å². The largest absolute Gasteiger partial charge is 0.378 e. The Bertz CT molecular complexity index is 609. The molecule has 0 saturated carbocycles. The second kappa shape index (κ2) is 6.72. The van der Waals surface area contributed by atoms with Crippen molar-refractivity contribution in [2.24, 2.45) is 0 Å². The van der Waals surface area contributed by atoms with Gasteiger partial charge in [-0.15, -0.1) is 0 Å².